The molecule has 3 aromatic carbocycles. The van der Waals surface area contributed by atoms with E-state index < -0.39 is 17.4 Å². The molecule has 0 saturated carbocycles. The van der Waals surface area contributed by atoms with Crippen LogP contribution in [0.4, 0.5) is 17.1 Å². The van der Waals surface area contributed by atoms with Crippen molar-refractivity contribution in [2.75, 3.05) is 17.3 Å². The largest absolute Gasteiger partial charge is 0.870 e. The highest BCUT2D eigenvalue weighted by molar-refractivity contribution is 6.32. The summed E-state index contributed by atoms with van der Waals surface area (Å²) < 4.78 is 7.55. The Morgan fingerprint density at radius 3 is 2.38 bits per heavy atom. The van der Waals surface area contributed by atoms with Gasteiger partial charge < -0.3 is 20.1 Å². The first-order valence-corrected chi connectivity index (χ1v) is 13.0. The Kier molecular flexibility index (Phi) is 6.70. The molecule has 2 aliphatic heterocycles. The molecule has 1 unspecified atom stereocenters. The Hall–Kier alpha value is -4.18. The summed E-state index contributed by atoms with van der Waals surface area (Å²) in [6.45, 7) is 4.00. The number of methoxy groups -OCH3 is 1. The van der Waals surface area contributed by atoms with Crippen LogP contribution >= 0.6 is 23.2 Å². The maximum Gasteiger partial charge on any atom is 0.277 e. The van der Waals surface area contributed by atoms with Gasteiger partial charge in [-0.05, 0) is 42.3 Å². The molecule has 11 heteroatoms. The summed E-state index contributed by atoms with van der Waals surface area (Å²) in [6, 6.07) is 17.1. The second-order valence-corrected chi connectivity index (χ2v) is 10.6. The summed E-state index contributed by atoms with van der Waals surface area (Å²) >= 11 is 12.7. The Morgan fingerprint density at radius 2 is 1.68 bits per heavy atom. The molecule has 4 aromatic rings. The molecular weight excluding hydrogens is 555 g/mol. The first-order chi connectivity index (χ1) is 18.7. The number of hydrogen-bond donors (Lipinski definition) is 2. The number of benzene rings is 3. The van der Waals surface area contributed by atoms with Gasteiger partial charge in [0.25, 0.3) is 17.5 Å². The van der Waals surface area contributed by atoms with Crippen molar-refractivity contribution < 1.29 is 25.0 Å². The van der Waals surface area contributed by atoms with E-state index in [4.69, 9.17) is 27.9 Å². The van der Waals surface area contributed by atoms with E-state index in [0.717, 1.165) is 11.4 Å². The van der Waals surface area contributed by atoms with Crippen LogP contribution in [0, 0.1) is 4.91 Å². The normalized spacial score (nSPS) is 17.1. The van der Waals surface area contributed by atoms with E-state index in [9.17, 15) is 14.5 Å². The van der Waals surface area contributed by atoms with Crippen molar-refractivity contribution in [1.82, 2.24) is 4.57 Å². The van der Waals surface area contributed by atoms with Gasteiger partial charge in [0.15, 0.2) is 5.54 Å². The fourth-order valence-electron chi connectivity index (χ4n) is 5.85. The van der Waals surface area contributed by atoms with Gasteiger partial charge in [-0.3, -0.25) is 14.5 Å². The Balaban J connectivity index is 0.00000323. The topological polar surface area (TPSA) is 125 Å². The molecule has 0 aliphatic carbocycles. The number of nitrogens with zero attached hydrogens (tertiary/aromatic N) is 2. The van der Waals surface area contributed by atoms with E-state index in [1.54, 1.807) is 37.6 Å². The maximum absolute atomic E-state index is 14.4. The molecule has 3 N–H and O–H groups in total. The number of fused-ring (bicyclic) bond motifs is 4. The lowest BCUT2D eigenvalue weighted by molar-refractivity contribution is -0.378. The van der Waals surface area contributed by atoms with Crippen LogP contribution in [-0.2, 0) is 10.3 Å². The second-order valence-electron chi connectivity index (χ2n) is 9.76. The third-order valence-corrected chi connectivity index (χ3v) is 7.79. The smallest absolute Gasteiger partial charge is 0.277 e. The predicted octanol–water partition coefficient (Wildman–Crippen LogP) is 5.07. The quantitative estimate of drug-likeness (QED) is 0.342. The lowest BCUT2D eigenvalue weighted by atomic mass is 9.81. The molecule has 2 amide bonds. The lowest BCUT2D eigenvalue weighted by Gasteiger charge is -2.35. The van der Waals surface area contributed by atoms with Gasteiger partial charge in [-0.1, -0.05) is 55.2 Å². The first-order valence-electron chi connectivity index (χ1n) is 12.3. The van der Waals surface area contributed by atoms with Gasteiger partial charge in [-0.25, -0.2) is 0 Å². The fourth-order valence-corrected chi connectivity index (χ4v) is 6.19. The van der Waals surface area contributed by atoms with Crippen molar-refractivity contribution in [3.63, 3.8) is 0 Å². The van der Waals surface area contributed by atoms with Crippen LogP contribution < -0.4 is 20.1 Å². The number of nitroso groups, excluding NO2 is 1. The number of halogens is 2. The zero-order valence-electron chi connectivity index (χ0n) is 21.7. The van der Waals surface area contributed by atoms with Crippen LogP contribution in [0.5, 0.6) is 5.75 Å². The molecule has 0 fully saturated rings. The highest BCUT2D eigenvalue weighted by atomic mass is 35.5. The Bertz CT molecular complexity index is 1720. The van der Waals surface area contributed by atoms with Crippen LogP contribution in [0.15, 0.2) is 66.9 Å². The SMILES string of the molecule is COc1ccccc1-n1cc2c(c1C(C)C)C1(C(=O)Nc3cc(Cl)ccc31)N(c1cc(Cl)ccc1[NH+]=O)C2=O.[OH-]. The van der Waals surface area contributed by atoms with Crippen LogP contribution in [0.25, 0.3) is 5.69 Å². The molecule has 1 spiro atoms. The molecule has 40 heavy (non-hydrogen) atoms. The summed E-state index contributed by atoms with van der Waals surface area (Å²) in [5.74, 6) is -0.397. The average molecular weight is 579 g/mol. The van der Waals surface area contributed by atoms with Crippen molar-refractivity contribution in [3.8, 4) is 11.4 Å². The van der Waals surface area contributed by atoms with Gasteiger partial charge in [0.2, 0.25) is 0 Å². The molecule has 1 aromatic heterocycles. The number of carbonyl (C=O) groups is 2. The van der Waals surface area contributed by atoms with E-state index in [1.165, 1.54) is 17.0 Å². The number of para-hydroxylation sites is 2. The van der Waals surface area contributed by atoms with E-state index in [1.807, 2.05) is 47.9 Å². The number of hydrogen-bond acceptors (Lipinski definition) is 5. The van der Waals surface area contributed by atoms with E-state index in [2.05, 4.69) is 5.32 Å². The molecular formula is C29H24Cl2N4O5. The van der Waals surface area contributed by atoms with Crippen molar-refractivity contribution in [2.45, 2.75) is 25.3 Å². The minimum absolute atomic E-state index is 0. The molecule has 1 atom stereocenters. The minimum atomic E-state index is -1.63. The van der Waals surface area contributed by atoms with E-state index in [-0.39, 0.29) is 22.8 Å². The van der Waals surface area contributed by atoms with Crippen molar-refractivity contribution in [1.29, 1.82) is 0 Å². The number of amides is 2. The van der Waals surface area contributed by atoms with Crippen LogP contribution in [0.3, 0.4) is 0 Å². The third kappa shape index (κ3) is 3.58. The second kappa shape index (κ2) is 9.78. The number of ether oxygens (including phenoxy) is 1. The van der Waals surface area contributed by atoms with Gasteiger partial charge in [0.1, 0.15) is 11.4 Å². The first kappa shape index (κ1) is 27.4. The van der Waals surface area contributed by atoms with Gasteiger partial charge in [-0.15, -0.1) is 0 Å². The summed E-state index contributed by atoms with van der Waals surface area (Å²) in [6.07, 6.45) is 1.74. The van der Waals surface area contributed by atoms with Gasteiger partial charge >= 0.3 is 0 Å². The molecule has 0 saturated heterocycles. The average Bonchev–Trinajstić information content (AvgIpc) is 3.52. The molecule has 204 valence electrons. The Morgan fingerprint density at radius 1 is 0.975 bits per heavy atom. The standard InChI is InChI=1S/C29H22Cl2N4O4.H2O/c1-15(2)26-25-18(14-34(26)22-6-4-5-7-24(22)39-3)27(36)35(23-13-17(31)9-11-20(23)33-38)29(25)19-10-8-16(30)12-21(19)32-28(29)37;/h4-15H,1-3H3,(H,32,37);1H2. The zero-order valence-corrected chi connectivity index (χ0v) is 23.2. The van der Waals surface area contributed by atoms with Crippen molar-refractivity contribution >= 4 is 52.1 Å². The predicted molar refractivity (Wildman–Crippen MR) is 151 cm³/mol. The highest BCUT2D eigenvalue weighted by Gasteiger charge is 2.63. The van der Waals surface area contributed by atoms with Crippen molar-refractivity contribution in [2.24, 2.45) is 0 Å². The molecule has 9 nitrogen and oxygen atoms in total. The highest BCUT2D eigenvalue weighted by Crippen LogP contribution is 2.56. The number of anilines is 2. The Labute approximate surface area is 239 Å². The van der Waals surface area contributed by atoms with Crippen molar-refractivity contribution in [3.05, 3.63) is 104 Å². The summed E-state index contributed by atoms with van der Waals surface area (Å²) in [5, 5.41) is 5.59. The zero-order chi connectivity index (χ0) is 27.6. The van der Waals surface area contributed by atoms with E-state index >= 15 is 0 Å². The molecule has 0 radical (unpaired) electrons. The van der Waals surface area contributed by atoms with Crippen LogP contribution in [0.2, 0.25) is 10.0 Å². The molecule has 3 heterocycles. The summed E-state index contributed by atoms with van der Waals surface area (Å²) in [7, 11) is 1.58. The van der Waals surface area contributed by atoms with Crippen LogP contribution in [0.1, 0.15) is 46.9 Å². The number of carbonyl (C=O) groups excluding carboxylic acids is 2. The molecule has 0 bridgehead atoms. The lowest BCUT2D eigenvalue weighted by Crippen LogP contribution is -2.58. The van der Waals surface area contributed by atoms with Crippen LogP contribution in [-0.4, -0.2) is 29.0 Å². The van der Waals surface area contributed by atoms with Gasteiger partial charge in [-0.2, -0.15) is 0 Å². The number of rotatable bonds is 5. The monoisotopic (exact) mass is 578 g/mol. The summed E-state index contributed by atoms with van der Waals surface area (Å²) in [4.78, 5) is 42.1. The minimum Gasteiger partial charge on any atom is -0.870 e. The third-order valence-electron chi connectivity index (χ3n) is 7.32. The summed E-state index contributed by atoms with van der Waals surface area (Å²) in [5.41, 5.74) is 2.04. The fraction of sp³-hybridized carbons (Fsp3) is 0.172. The number of nitrogens with one attached hydrogen (secondary N) is 2. The maximum atomic E-state index is 14.4. The number of aromatic nitrogens is 1. The molecule has 6 rings (SSSR count). The van der Waals surface area contributed by atoms with Gasteiger partial charge in [0, 0.05) is 54.9 Å². The van der Waals surface area contributed by atoms with Gasteiger partial charge in [0.05, 0.1) is 18.4 Å². The molecule has 2 aliphatic rings. The van der Waals surface area contributed by atoms with E-state index in [0.29, 0.717) is 38.2 Å².